The fourth-order valence-corrected chi connectivity index (χ4v) is 1.19. The van der Waals surface area contributed by atoms with E-state index < -0.39 is 0 Å². The van der Waals surface area contributed by atoms with E-state index in [1.54, 1.807) is 18.2 Å². The van der Waals surface area contributed by atoms with Gasteiger partial charge in [0, 0.05) is 11.5 Å². The molecule has 1 aromatic rings. The van der Waals surface area contributed by atoms with Crippen LogP contribution in [0, 0.1) is 18.3 Å². The lowest BCUT2D eigenvalue weighted by Crippen LogP contribution is -1.83. The number of benzene rings is 1. The average Bonchev–Trinajstić information content (AvgIpc) is 2.25. The van der Waals surface area contributed by atoms with E-state index in [1.807, 2.05) is 19.1 Å². The van der Waals surface area contributed by atoms with Gasteiger partial charge in [0.2, 0.25) is 0 Å². The lowest BCUT2D eigenvalue weighted by Gasteiger charge is -1.98. The summed E-state index contributed by atoms with van der Waals surface area (Å²) in [5.41, 5.74) is 10.7. The van der Waals surface area contributed by atoms with E-state index in [2.05, 4.69) is 16.1 Å². The van der Waals surface area contributed by atoms with Crippen LogP contribution in [-0.2, 0) is 0 Å². The monoisotopic (exact) mass is 198 g/mol. The first-order valence-corrected chi connectivity index (χ1v) is 4.46. The lowest BCUT2D eigenvalue weighted by molar-refractivity contribution is 1.22. The average molecular weight is 198 g/mol. The maximum Gasteiger partial charge on any atom is 0.0997 e. The van der Waals surface area contributed by atoms with E-state index in [-0.39, 0.29) is 0 Å². The first-order chi connectivity index (χ1) is 7.27. The zero-order valence-corrected chi connectivity index (χ0v) is 8.38. The van der Waals surface area contributed by atoms with Crippen molar-refractivity contribution in [2.75, 3.05) is 6.54 Å². The van der Waals surface area contributed by atoms with Crippen LogP contribution in [0.2, 0.25) is 0 Å². The molecule has 0 atom stereocenters. The van der Waals surface area contributed by atoms with Crippen molar-refractivity contribution >= 4 is 6.08 Å². The molecule has 74 valence electrons. The van der Waals surface area contributed by atoms with Crippen molar-refractivity contribution < 1.29 is 0 Å². The third kappa shape index (κ3) is 3.18. The summed E-state index contributed by atoms with van der Waals surface area (Å²) in [6, 6.07) is 7.70. The second-order valence-electron chi connectivity index (χ2n) is 3.02. The highest BCUT2D eigenvalue weighted by Gasteiger charge is 1.97. The van der Waals surface area contributed by atoms with Crippen LogP contribution in [0.5, 0.6) is 0 Å². The molecule has 0 N–H and O–H groups in total. The van der Waals surface area contributed by atoms with Gasteiger partial charge in [0.05, 0.1) is 11.6 Å². The Morgan fingerprint density at radius 1 is 1.60 bits per heavy atom. The van der Waals surface area contributed by atoms with Gasteiger partial charge in [-0.05, 0) is 24.1 Å². The minimum Gasteiger partial charge on any atom is -0.192 e. The van der Waals surface area contributed by atoms with E-state index >= 15 is 0 Å². The predicted octanol–water partition coefficient (Wildman–Crippen LogP) is 3.19. The number of azide groups is 1. The zero-order chi connectivity index (χ0) is 11.1. The van der Waals surface area contributed by atoms with Crippen molar-refractivity contribution in [2.45, 2.75) is 6.92 Å². The molecule has 0 radical (unpaired) electrons. The van der Waals surface area contributed by atoms with Gasteiger partial charge in [0.1, 0.15) is 0 Å². The Morgan fingerprint density at radius 2 is 2.40 bits per heavy atom. The van der Waals surface area contributed by atoms with Crippen LogP contribution in [0.15, 0.2) is 29.4 Å². The molecule has 4 heteroatoms. The van der Waals surface area contributed by atoms with Crippen LogP contribution in [0.3, 0.4) is 0 Å². The molecule has 0 aliphatic heterocycles. The molecule has 0 fully saturated rings. The number of rotatable bonds is 3. The van der Waals surface area contributed by atoms with Gasteiger partial charge < -0.3 is 0 Å². The van der Waals surface area contributed by atoms with Gasteiger partial charge in [-0.15, -0.1) is 0 Å². The third-order valence-electron chi connectivity index (χ3n) is 1.88. The molecule has 0 heterocycles. The minimum atomic E-state index is 0.301. The molecule has 0 saturated heterocycles. The highest BCUT2D eigenvalue weighted by Crippen LogP contribution is 2.12. The second kappa shape index (κ2) is 5.48. The summed E-state index contributed by atoms with van der Waals surface area (Å²) >= 11 is 0. The van der Waals surface area contributed by atoms with Gasteiger partial charge >= 0.3 is 0 Å². The molecule has 15 heavy (non-hydrogen) atoms. The SMILES string of the molecule is Cc1ccc(C#N)c(C=CCN=[N+]=[N-])c1. The Morgan fingerprint density at radius 3 is 3.07 bits per heavy atom. The van der Waals surface area contributed by atoms with Crippen molar-refractivity contribution in [3.05, 3.63) is 51.4 Å². The fourth-order valence-electron chi connectivity index (χ4n) is 1.19. The number of nitriles is 1. The third-order valence-corrected chi connectivity index (χ3v) is 1.88. The van der Waals surface area contributed by atoms with Crippen LogP contribution in [0.25, 0.3) is 16.5 Å². The number of aryl methyl sites for hydroxylation is 1. The van der Waals surface area contributed by atoms with Gasteiger partial charge in [-0.1, -0.05) is 35.0 Å². The van der Waals surface area contributed by atoms with Crippen LogP contribution >= 0.6 is 0 Å². The smallest absolute Gasteiger partial charge is 0.0997 e. The van der Waals surface area contributed by atoms with E-state index in [4.69, 9.17) is 10.8 Å². The number of hydrogen-bond donors (Lipinski definition) is 0. The molecular weight excluding hydrogens is 188 g/mol. The summed E-state index contributed by atoms with van der Waals surface area (Å²) in [6.07, 6.45) is 3.52. The van der Waals surface area contributed by atoms with Gasteiger partial charge in [-0.2, -0.15) is 5.26 Å². The van der Waals surface area contributed by atoms with Crippen LogP contribution in [0.1, 0.15) is 16.7 Å². The summed E-state index contributed by atoms with van der Waals surface area (Å²) in [7, 11) is 0. The minimum absolute atomic E-state index is 0.301. The maximum absolute atomic E-state index is 8.85. The van der Waals surface area contributed by atoms with Gasteiger partial charge in [-0.3, -0.25) is 0 Å². The molecule has 1 rings (SSSR count). The zero-order valence-electron chi connectivity index (χ0n) is 8.38. The molecule has 0 unspecified atom stereocenters. The van der Waals surface area contributed by atoms with Gasteiger partial charge in [0.25, 0.3) is 0 Å². The predicted molar refractivity (Wildman–Crippen MR) is 58.9 cm³/mol. The van der Waals surface area contributed by atoms with Crippen LogP contribution in [0.4, 0.5) is 0 Å². The number of hydrogen-bond acceptors (Lipinski definition) is 2. The molecule has 0 aromatic heterocycles. The number of nitrogens with zero attached hydrogens (tertiary/aromatic N) is 4. The second-order valence-corrected chi connectivity index (χ2v) is 3.02. The van der Waals surface area contributed by atoms with Crippen molar-refractivity contribution in [2.24, 2.45) is 5.11 Å². The van der Waals surface area contributed by atoms with Crippen molar-refractivity contribution in [1.82, 2.24) is 0 Å². The lowest BCUT2D eigenvalue weighted by atomic mass is 10.1. The molecule has 1 aromatic carbocycles. The highest BCUT2D eigenvalue weighted by atomic mass is 15.1. The Hall–Kier alpha value is -2.24. The summed E-state index contributed by atoms with van der Waals surface area (Å²) in [5.74, 6) is 0. The van der Waals surface area contributed by atoms with Crippen LogP contribution in [-0.4, -0.2) is 6.54 Å². The van der Waals surface area contributed by atoms with E-state index in [1.165, 1.54) is 0 Å². The largest absolute Gasteiger partial charge is 0.192 e. The van der Waals surface area contributed by atoms with E-state index in [9.17, 15) is 0 Å². The molecule has 0 spiro atoms. The fraction of sp³-hybridized carbons (Fsp3) is 0.182. The molecule has 0 amide bonds. The van der Waals surface area contributed by atoms with Crippen LogP contribution < -0.4 is 0 Å². The quantitative estimate of drug-likeness (QED) is 0.417. The summed E-state index contributed by atoms with van der Waals surface area (Å²) in [5, 5.41) is 12.2. The molecule has 0 aliphatic rings. The van der Waals surface area contributed by atoms with Gasteiger partial charge in [0.15, 0.2) is 0 Å². The summed E-state index contributed by atoms with van der Waals surface area (Å²) in [4.78, 5) is 2.64. The molecule has 0 saturated carbocycles. The summed E-state index contributed by atoms with van der Waals surface area (Å²) in [6.45, 7) is 2.27. The van der Waals surface area contributed by atoms with E-state index in [0.29, 0.717) is 12.1 Å². The van der Waals surface area contributed by atoms with Gasteiger partial charge in [-0.25, -0.2) is 0 Å². The van der Waals surface area contributed by atoms with Crippen molar-refractivity contribution in [1.29, 1.82) is 5.26 Å². The maximum atomic E-state index is 8.85. The Bertz CT molecular complexity index is 462. The normalized spacial score (nSPS) is 9.60. The Balaban J connectivity index is 2.93. The molecule has 4 nitrogen and oxygen atoms in total. The highest BCUT2D eigenvalue weighted by molar-refractivity contribution is 5.59. The molecule has 0 bridgehead atoms. The van der Waals surface area contributed by atoms with Crippen molar-refractivity contribution in [3.8, 4) is 6.07 Å². The standard InChI is InChI=1S/C11H10N4/c1-9-4-5-11(8-12)10(7-9)3-2-6-14-15-13/h2-5,7H,6H2,1H3. The Labute approximate surface area is 88.1 Å². The summed E-state index contributed by atoms with van der Waals surface area (Å²) < 4.78 is 0. The van der Waals surface area contributed by atoms with Crippen molar-refractivity contribution in [3.63, 3.8) is 0 Å². The first kappa shape index (κ1) is 10.8. The molecular formula is C11H10N4. The molecule has 0 aliphatic carbocycles. The first-order valence-electron chi connectivity index (χ1n) is 4.46. The van der Waals surface area contributed by atoms with E-state index in [0.717, 1.165) is 11.1 Å². The topological polar surface area (TPSA) is 72.5 Å². The Kier molecular flexibility index (Phi) is 3.96.